The lowest BCUT2D eigenvalue weighted by atomic mass is 9.91. The van der Waals surface area contributed by atoms with Gasteiger partial charge in [-0.1, -0.05) is 58.1 Å². The first kappa shape index (κ1) is 24.6. The number of carbonyl (C=O) groups excluding carboxylic acids is 2. The molecule has 1 aliphatic heterocycles. The third-order valence-electron chi connectivity index (χ3n) is 6.98. The molecule has 0 bridgehead atoms. The van der Waals surface area contributed by atoms with Gasteiger partial charge in [0.1, 0.15) is 17.0 Å². The summed E-state index contributed by atoms with van der Waals surface area (Å²) in [5.74, 6) is -0.00294. The van der Waals surface area contributed by atoms with Gasteiger partial charge in [0.05, 0.1) is 25.0 Å². The summed E-state index contributed by atoms with van der Waals surface area (Å²) in [6.07, 6.45) is 6.50. The Balaban J connectivity index is 1.81. The van der Waals surface area contributed by atoms with Crippen LogP contribution in [0.1, 0.15) is 82.4 Å². The van der Waals surface area contributed by atoms with E-state index < -0.39 is 5.54 Å². The Hall–Kier alpha value is -2.54. The fraction of sp³-hybridized carbons (Fsp3) is 0.577. The van der Waals surface area contributed by atoms with E-state index in [9.17, 15) is 9.59 Å². The monoisotopic (exact) mass is 486 g/mol. The van der Waals surface area contributed by atoms with Gasteiger partial charge < -0.3 is 10.1 Å². The van der Waals surface area contributed by atoms with Gasteiger partial charge >= 0.3 is 0 Å². The molecule has 2 aromatic rings. The Morgan fingerprint density at radius 2 is 1.85 bits per heavy atom. The first-order chi connectivity index (χ1) is 16.0. The number of halogens is 1. The summed E-state index contributed by atoms with van der Waals surface area (Å²) in [5.41, 5.74) is 0.287. The molecule has 0 spiro atoms. The van der Waals surface area contributed by atoms with Crippen molar-refractivity contribution in [3.05, 3.63) is 40.7 Å². The fourth-order valence-electron chi connectivity index (χ4n) is 4.93. The van der Waals surface area contributed by atoms with E-state index in [4.69, 9.17) is 21.4 Å². The zero-order valence-electron chi connectivity index (χ0n) is 20.8. The molecule has 0 saturated heterocycles. The van der Waals surface area contributed by atoms with Gasteiger partial charge in [0.2, 0.25) is 5.91 Å². The van der Waals surface area contributed by atoms with Gasteiger partial charge in [-0.3, -0.25) is 19.2 Å². The average Bonchev–Trinajstić information content (AvgIpc) is 3.04. The highest BCUT2D eigenvalue weighted by atomic mass is 35.5. The van der Waals surface area contributed by atoms with Crippen molar-refractivity contribution < 1.29 is 14.3 Å². The number of hydrogen-bond acceptors (Lipinski definition) is 4. The number of anilines is 1. The molecule has 0 radical (unpaired) electrons. The summed E-state index contributed by atoms with van der Waals surface area (Å²) in [6.45, 7) is 8.21. The lowest BCUT2D eigenvalue weighted by Gasteiger charge is -2.44. The van der Waals surface area contributed by atoms with E-state index in [1.807, 2.05) is 6.07 Å². The van der Waals surface area contributed by atoms with Crippen LogP contribution in [0, 0.1) is 0 Å². The van der Waals surface area contributed by atoms with Crippen molar-refractivity contribution in [2.75, 3.05) is 12.0 Å². The van der Waals surface area contributed by atoms with E-state index in [1.54, 1.807) is 41.8 Å². The number of aromatic nitrogens is 2. The number of carbonyl (C=O) groups is 2. The van der Waals surface area contributed by atoms with Crippen LogP contribution >= 0.6 is 11.6 Å². The average molecular weight is 487 g/mol. The molecule has 8 heteroatoms. The highest BCUT2D eigenvalue weighted by molar-refractivity contribution is 6.31. The van der Waals surface area contributed by atoms with Crippen LogP contribution in [0.2, 0.25) is 5.02 Å². The number of ether oxygens (including phenoxy) is 1. The van der Waals surface area contributed by atoms with Crippen molar-refractivity contribution in [3.8, 4) is 5.75 Å². The minimum absolute atomic E-state index is 0.106. The Labute approximate surface area is 206 Å². The Kier molecular flexibility index (Phi) is 6.69. The van der Waals surface area contributed by atoms with Crippen molar-refractivity contribution in [2.45, 2.75) is 89.8 Å². The van der Waals surface area contributed by atoms with Gasteiger partial charge in [-0.15, -0.1) is 0 Å². The Morgan fingerprint density at radius 3 is 2.47 bits per heavy atom. The maximum absolute atomic E-state index is 14.0. The van der Waals surface area contributed by atoms with Gasteiger partial charge in [0.15, 0.2) is 0 Å². The van der Waals surface area contributed by atoms with Crippen LogP contribution in [0.3, 0.4) is 0 Å². The predicted octanol–water partition coefficient (Wildman–Crippen LogP) is 5.10. The predicted molar refractivity (Wildman–Crippen MR) is 134 cm³/mol. The summed E-state index contributed by atoms with van der Waals surface area (Å²) in [5, 5.41) is 8.46. The third-order valence-corrected chi connectivity index (χ3v) is 7.22. The molecule has 1 N–H and O–H groups in total. The fourth-order valence-corrected chi connectivity index (χ4v) is 5.09. The molecule has 34 heavy (non-hydrogen) atoms. The summed E-state index contributed by atoms with van der Waals surface area (Å²) in [4.78, 5) is 29.4. The smallest absolute Gasteiger partial charge is 0.277 e. The summed E-state index contributed by atoms with van der Waals surface area (Å²) >= 11 is 6.34. The summed E-state index contributed by atoms with van der Waals surface area (Å²) in [6, 6.07) is 7.06. The summed E-state index contributed by atoms with van der Waals surface area (Å²) < 4.78 is 7.27. The first-order valence-electron chi connectivity index (χ1n) is 12.1. The van der Waals surface area contributed by atoms with Crippen LogP contribution in [0.4, 0.5) is 5.69 Å². The zero-order valence-corrected chi connectivity index (χ0v) is 21.5. The van der Waals surface area contributed by atoms with Crippen LogP contribution in [-0.2, 0) is 16.8 Å². The van der Waals surface area contributed by atoms with Gasteiger partial charge in [-0.05, 0) is 44.0 Å². The molecular formula is C26H35ClN4O3. The van der Waals surface area contributed by atoms with Gasteiger partial charge in [0.25, 0.3) is 5.91 Å². The number of rotatable bonds is 4. The number of nitrogens with one attached hydrogen (secondary N) is 1. The van der Waals surface area contributed by atoms with Crippen LogP contribution in [0.15, 0.2) is 24.3 Å². The Bertz CT molecular complexity index is 1080. The van der Waals surface area contributed by atoms with Crippen molar-refractivity contribution in [3.63, 3.8) is 0 Å². The van der Waals surface area contributed by atoms with Crippen LogP contribution in [0.25, 0.3) is 0 Å². The molecule has 2 heterocycles. The highest BCUT2D eigenvalue weighted by Gasteiger charge is 2.50. The molecule has 1 aromatic carbocycles. The number of hydrogen-bond donors (Lipinski definition) is 1. The molecule has 184 valence electrons. The van der Waals surface area contributed by atoms with Crippen molar-refractivity contribution in [1.29, 1.82) is 0 Å². The molecule has 4 rings (SSSR count). The molecule has 1 saturated carbocycles. The SMILES string of the molecule is COc1ccc(Cl)cc1N1C(=O)c2cc(C(C)(C)C)nn2CC1(C)C(=O)NC1CCCCCC1. The number of benzene rings is 1. The van der Waals surface area contributed by atoms with Crippen molar-refractivity contribution >= 4 is 29.1 Å². The van der Waals surface area contributed by atoms with E-state index in [-0.39, 0.29) is 29.8 Å². The van der Waals surface area contributed by atoms with Gasteiger partial charge in [-0.2, -0.15) is 5.10 Å². The van der Waals surface area contributed by atoms with Gasteiger partial charge in [0, 0.05) is 16.5 Å². The second-order valence-electron chi connectivity index (χ2n) is 10.7. The summed E-state index contributed by atoms with van der Waals surface area (Å²) in [7, 11) is 1.55. The van der Waals surface area contributed by atoms with Gasteiger partial charge in [-0.25, -0.2) is 0 Å². The van der Waals surface area contributed by atoms with E-state index in [2.05, 4.69) is 26.1 Å². The molecule has 1 unspecified atom stereocenters. The second kappa shape index (κ2) is 9.25. The van der Waals surface area contributed by atoms with E-state index in [1.165, 1.54) is 12.8 Å². The largest absolute Gasteiger partial charge is 0.495 e. The molecule has 2 aliphatic rings. The zero-order chi connectivity index (χ0) is 24.7. The molecular weight excluding hydrogens is 452 g/mol. The molecule has 1 atom stereocenters. The highest BCUT2D eigenvalue weighted by Crippen LogP contribution is 2.40. The van der Waals surface area contributed by atoms with E-state index in [0.29, 0.717) is 22.2 Å². The third kappa shape index (κ3) is 4.54. The quantitative estimate of drug-likeness (QED) is 0.610. The van der Waals surface area contributed by atoms with Crippen LogP contribution in [0.5, 0.6) is 5.75 Å². The molecule has 1 aliphatic carbocycles. The molecule has 1 fully saturated rings. The molecule has 1 aromatic heterocycles. The topological polar surface area (TPSA) is 76.5 Å². The number of nitrogens with zero attached hydrogens (tertiary/aromatic N) is 3. The Morgan fingerprint density at radius 1 is 1.18 bits per heavy atom. The van der Waals surface area contributed by atoms with Crippen LogP contribution in [-0.4, -0.2) is 40.3 Å². The lowest BCUT2D eigenvalue weighted by Crippen LogP contribution is -2.65. The standard InChI is InChI=1S/C26H35ClN4O3/c1-25(2,3)22-15-20-23(32)31(19-14-17(27)12-13-21(19)34-5)26(4,16-30(20)29-22)24(33)28-18-10-8-6-7-9-11-18/h12-15,18H,6-11,16H2,1-5H3,(H,28,33). The number of fused-ring (bicyclic) bond motifs is 1. The maximum atomic E-state index is 14.0. The van der Waals surface area contributed by atoms with Crippen LogP contribution < -0.4 is 15.0 Å². The number of methoxy groups -OCH3 is 1. The molecule has 2 amide bonds. The minimum atomic E-state index is -1.21. The lowest BCUT2D eigenvalue weighted by molar-refractivity contribution is -0.127. The normalized spacial score (nSPS) is 21.7. The first-order valence-corrected chi connectivity index (χ1v) is 12.5. The maximum Gasteiger partial charge on any atom is 0.277 e. The minimum Gasteiger partial charge on any atom is -0.495 e. The second-order valence-corrected chi connectivity index (χ2v) is 11.2. The number of amides is 2. The van der Waals surface area contributed by atoms with Crippen molar-refractivity contribution in [2.24, 2.45) is 0 Å². The van der Waals surface area contributed by atoms with E-state index >= 15 is 0 Å². The van der Waals surface area contributed by atoms with Crippen molar-refractivity contribution in [1.82, 2.24) is 15.1 Å². The molecule has 7 nitrogen and oxygen atoms in total. The van der Waals surface area contributed by atoms with E-state index in [0.717, 1.165) is 31.4 Å².